The first-order valence-electron chi connectivity index (χ1n) is 4.47. The molecule has 0 atom stereocenters. The van der Waals surface area contributed by atoms with Crippen LogP contribution in [0, 0.1) is 5.82 Å². The number of halogens is 1. The van der Waals surface area contributed by atoms with E-state index in [2.05, 4.69) is 0 Å². The second-order valence-electron chi connectivity index (χ2n) is 3.15. The summed E-state index contributed by atoms with van der Waals surface area (Å²) in [6.07, 6.45) is 2.15. The minimum Gasteiger partial charge on any atom is -0.481 e. The van der Waals surface area contributed by atoms with Gasteiger partial charge in [-0.05, 0) is 29.3 Å². The van der Waals surface area contributed by atoms with Gasteiger partial charge < -0.3 is 10.8 Å². The molecule has 0 fully saturated rings. The number of carboxylic acid groups (broad SMARTS) is 1. The highest BCUT2D eigenvalue weighted by atomic mass is 19.1. The number of carboxylic acids is 1. The van der Waals surface area contributed by atoms with Crippen molar-refractivity contribution in [2.24, 2.45) is 5.73 Å². The van der Waals surface area contributed by atoms with E-state index in [9.17, 15) is 14.0 Å². The highest BCUT2D eigenvalue weighted by molar-refractivity contribution is 5.90. The highest BCUT2D eigenvalue weighted by Gasteiger charge is 2.06. The number of carbonyl (C=O) groups excluding carboxylic acids is 1. The van der Waals surface area contributed by atoms with Gasteiger partial charge in [-0.3, -0.25) is 9.59 Å². The lowest BCUT2D eigenvalue weighted by atomic mass is 10.0. The molecule has 3 N–H and O–H groups in total. The zero-order valence-electron chi connectivity index (χ0n) is 8.31. The number of carbonyl (C=O) groups is 2. The molecule has 0 radical (unpaired) electrons. The minimum atomic E-state index is -1.07. The van der Waals surface area contributed by atoms with E-state index in [0.717, 1.165) is 12.1 Å². The number of amides is 1. The predicted molar refractivity (Wildman–Crippen MR) is 56.0 cm³/mol. The molecule has 0 aliphatic carbocycles. The van der Waals surface area contributed by atoms with Crippen molar-refractivity contribution in [3.8, 4) is 0 Å². The van der Waals surface area contributed by atoms with E-state index < -0.39 is 17.7 Å². The van der Waals surface area contributed by atoms with Crippen LogP contribution in [-0.4, -0.2) is 17.0 Å². The molecule has 0 saturated carbocycles. The molecule has 0 heterocycles. The van der Waals surface area contributed by atoms with Crippen molar-refractivity contribution in [3.63, 3.8) is 0 Å². The van der Waals surface area contributed by atoms with Crippen LogP contribution in [0.25, 0.3) is 6.08 Å². The number of aliphatic carboxylic acids is 1. The van der Waals surface area contributed by atoms with E-state index in [1.807, 2.05) is 0 Å². The van der Waals surface area contributed by atoms with Gasteiger partial charge in [0.15, 0.2) is 0 Å². The van der Waals surface area contributed by atoms with Crippen LogP contribution in [0.15, 0.2) is 24.3 Å². The van der Waals surface area contributed by atoms with Gasteiger partial charge >= 0.3 is 5.97 Å². The SMILES string of the molecule is NC(=O)C=Cc1ccc(F)cc1CC(=O)O. The van der Waals surface area contributed by atoms with Crippen molar-refractivity contribution in [3.05, 3.63) is 41.2 Å². The number of hydrogen-bond donors (Lipinski definition) is 2. The number of benzene rings is 1. The third-order valence-corrected chi connectivity index (χ3v) is 1.87. The van der Waals surface area contributed by atoms with Crippen LogP contribution >= 0.6 is 0 Å². The molecule has 0 unspecified atom stereocenters. The van der Waals surface area contributed by atoms with Crippen LogP contribution in [0.2, 0.25) is 0 Å². The monoisotopic (exact) mass is 223 g/mol. The molecule has 1 aromatic carbocycles. The van der Waals surface area contributed by atoms with E-state index in [0.29, 0.717) is 11.1 Å². The smallest absolute Gasteiger partial charge is 0.307 e. The van der Waals surface area contributed by atoms with Crippen LogP contribution in [-0.2, 0) is 16.0 Å². The van der Waals surface area contributed by atoms with Gasteiger partial charge in [-0.15, -0.1) is 0 Å². The number of primary amides is 1. The molecule has 1 rings (SSSR count). The molecule has 0 bridgehead atoms. The summed E-state index contributed by atoms with van der Waals surface area (Å²) in [5, 5.41) is 8.62. The van der Waals surface area contributed by atoms with Gasteiger partial charge in [-0.25, -0.2) is 4.39 Å². The van der Waals surface area contributed by atoms with Crippen molar-refractivity contribution in [2.45, 2.75) is 6.42 Å². The maximum absolute atomic E-state index is 12.9. The van der Waals surface area contributed by atoms with Gasteiger partial charge in [0.1, 0.15) is 5.82 Å². The summed E-state index contributed by atoms with van der Waals surface area (Å²) >= 11 is 0. The van der Waals surface area contributed by atoms with Crippen LogP contribution in [0.3, 0.4) is 0 Å². The zero-order chi connectivity index (χ0) is 12.1. The quantitative estimate of drug-likeness (QED) is 0.746. The molecule has 0 spiro atoms. The van der Waals surface area contributed by atoms with Crippen LogP contribution < -0.4 is 5.73 Å². The number of rotatable bonds is 4. The molecular weight excluding hydrogens is 213 g/mol. The molecule has 1 aromatic rings. The fourth-order valence-electron chi connectivity index (χ4n) is 1.22. The summed E-state index contributed by atoms with van der Waals surface area (Å²) in [6.45, 7) is 0. The van der Waals surface area contributed by atoms with Crippen molar-refractivity contribution >= 4 is 18.0 Å². The molecular formula is C11H10FNO3. The molecule has 5 heteroatoms. The van der Waals surface area contributed by atoms with E-state index in [-0.39, 0.29) is 6.42 Å². The summed E-state index contributed by atoms with van der Waals surface area (Å²) in [7, 11) is 0. The van der Waals surface area contributed by atoms with Gasteiger partial charge in [0.2, 0.25) is 5.91 Å². The summed E-state index contributed by atoms with van der Waals surface area (Å²) in [5.41, 5.74) is 5.66. The van der Waals surface area contributed by atoms with Crippen molar-refractivity contribution in [1.82, 2.24) is 0 Å². The Labute approximate surface area is 91.2 Å². The molecule has 0 aliphatic rings. The molecule has 84 valence electrons. The van der Waals surface area contributed by atoms with E-state index >= 15 is 0 Å². The van der Waals surface area contributed by atoms with Gasteiger partial charge in [-0.1, -0.05) is 6.07 Å². The fraction of sp³-hybridized carbons (Fsp3) is 0.0909. The Hall–Kier alpha value is -2.17. The van der Waals surface area contributed by atoms with E-state index in [1.54, 1.807) is 0 Å². The Kier molecular flexibility index (Phi) is 3.77. The first kappa shape index (κ1) is 11.9. The molecule has 4 nitrogen and oxygen atoms in total. The second kappa shape index (κ2) is 5.06. The molecule has 0 aromatic heterocycles. The predicted octanol–water partition coefficient (Wildman–Crippen LogP) is 0.951. The van der Waals surface area contributed by atoms with Gasteiger partial charge in [-0.2, -0.15) is 0 Å². The first-order valence-corrected chi connectivity index (χ1v) is 4.47. The van der Waals surface area contributed by atoms with Crippen molar-refractivity contribution in [2.75, 3.05) is 0 Å². The fourth-order valence-corrected chi connectivity index (χ4v) is 1.22. The highest BCUT2D eigenvalue weighted by Crippen LogP contribution is 2.14. The molecule has 0 saturated heterocycles. The topological polar surface area (TPSA) is 80.4 Å². The second-order valence-corrected chi connectivity index (χ2v) is 3.15. The van der Waals surface area contributed by atoms with Crippen molar-refractivity contribution < 1.29 is 19.1 Å². The normalized spacial score (nSPS) is 10.6. The molecule has 0 aliphatic heterocycles. The van der Waals surface area contributed by atoms with E-state index in [4.69, 9.17) is 10.8 Å². The maximum atomic E-state index is 12.9. The third-order valence-electron chi connectivity index (χ3n) is 1.87. The van der Waals surface area contributed by atoms with Crippen LogP contribution in [0.4, 0.5) is 4.39 Å². The Bertz CT molecular complexity index is 455. The van der Waals surface area contributed by atoms with Gasteiger partial charge in [0.25, 0.3) is 0 Å². The summed E-state index contributed by atoms with van der Waals surface area (Å²) in [5.74, 6) is -2.24. The van der Waals surface area contributed by atoms with Crippen LogP contribution in [0.5, 0.6) is 0 Å². The lowest BCUT2D eigenvalue weighted by molar-refractivity contribution is -0.136. The minimum absolute atomic E-state index is 0.296. The van der Waals surface area contributed by atoms with Gasteiger partial charge in [0, 0.05) is 6.08 Å². The Morgan fingerprint density at radius 1 is 1.44 bits per heavy atom. The summed E-state index contributed by atoms with van der Waals surface area (Å²) in [4.78, 5) is 21.1. The summed E-state index contributed by atoms with van der Waals surface area (Å²) < 4.78 is 12.9. The molecule has 1 amide bonds. The Balaban J connectivity index is 3.06. The van der Waals surface area contributed by atoms with E-state index in [1.165, 1.54) is 18.2 Å². The molecule has 16 heavy (non-hydrogen) atoms. The average Bonchev–Trinajstić information content (AvgIpc) is 2.15. The van der Waals surface area contributed by atoms with Crippen LogP contribution in [0.1, 0.15) is 11.1 Å². The van der Waals surface area contributed by atoms with Crippen molar-refractivity contribution in [1.29, 1.82) is 0 Å². The van der Waals surface area contributed by atoms with Gasteiger partial charge in [0.05, 0.1) is 6.42 Å². The Morgan fingerprint density at radius 2 is 2.12 bits per heavy atom. The average molecular weight is 223 g/mol. The number of hydrogen-bond acceptors (Lipinski definition) is 2. The lowest BCUT2D eigenvalue weighted by Gasteiger charge is -2.03. The standard InChI is InChI=1S/C11H10FNO3/c12-9-3-1-7(2-4-10(13)14)8(5-9)6-11(15)16/h1-5H,6H2,(H2,13,14)(H,15,16). The summed E-state index contributed by atoms with van der Waals surface area (Å²) in [6, 6.07) is 3.70. The Morgan fingerprint density at radius 3 is 2.69 bits per heavy atom. The lowest BCUT2D eigenvalue weighted by Crippen LogP contribution is -2.06. The largest absolute Gasteiger partial charge is 0.481 e. The number of nitrogens with two attached hydrogens (primary N) is 1. The maximum Gasteiger partial charge on any atom is 0.307 e. The first-order chi connectivity index (χ1) is 7.49. The third kappa shape index (κ3) is 3.53. The zero-order valence-corrected chi connectivity index (χ0v) is 8.31.